The molecule has 0 aromatic rings. The standard InChI is InChI=1S/C4H10NOSi/c1-2-7-5-3-4-6-7/h5H,2-4H2,1H3. The first-order chi connectivity index (χ1) is 3.43. The summed E-state index contributed by atoms with van der Waals surface area (Å²) in [5, 5.41) is 0. The van der Waals surface area contributed by atoms with Crippen molar-refractivity contribution in [3.05, 3.63) is 0 Å². The molecular weight excluding hydrogens is 106 g/mol. The second-order valence-electron chi connectivity index (χ2n) is 1.55. The van der Waals surface area contributed by atoms with Crippen LogP contribution in [0.4, 0.5) is 0 Å². The molecule has 1 saturated heterocycles. The van der Waals surface area contributed by atoms with Gasteiger partial charge >= 0.3 is 9.20 Å². The van der Waals surface area contributed by atoms with Gasteiger partial charge in [-0.1, -0.05) is 6.92 Å². The van der Waals surface area contributed by atoms with E-state index in [-0.39, 0.29) is 0 Å². The molecule has 1 fully saturated rings. The fourth-order valence-electron chi connectivity index (χ4n) is 0.643. The zero-order valence-electron chi connectivity index (χ0n) is 4.53. The second-order valence-corrected chi connectivity index (χ2v) is 3.75. The lowest BCUT2D eigenvalue weighted by atomic mass is 10.8. The van der Waals surface area contributed by atoms with E-state index in [2.05, 4.69) is 11.9 Å². The first-order valence-electron chi connectivity index (χ1n) is 2.66. The fraction of sp³-hybridized carbons (Fsp3) is 1.00. The number of hydrogen-bond donors (Lipinski definition) is 1. The third-order valence-electron chi connectivity index (χ3n) is 1.02. The number of rotatable bonds is 1. The lowest BCUT2D eigenvalue weighted by Gasteiger charge is -1.97. The average Bonchev–Trinajstić information content (AvgIpc) is 2.14. The number of hydrogen-bond acceptors (Lipinski definition) is 2. The third kappa shape index (κ3) is 1.26. The lowest BCUT2D eigenvalue weighted by Crippen LogP contribution is -2.26. The van der Waals surface area contributed by atoms with Crippen LogP contribution in [0.25, 0.3) is 0 Å². The minimum Gasteiger partial charge on any atom is -0.401 e. The molecular formula is C4H10NOSi. The predicted octanol–water partition coefficient (Wildman–Crippen LogP) is 0.114. The van der Waals surface area contributed by atoms with Crippen LogP contribution in [-0.2, 0) is 4.43 Å². The average molecular weight is 116 g/mol. The Hall–Kier alpha value is 0.137. The van der Waals surface area contributed by atoms with Crippen molar-refractivity contribution < 1.29 is 4.43 Å². The quantitative estimate of drug-likeness (QED) is 0.491. The van der Waals surface area contributed by atoms with Gasteiger partial charge in [0.15, 0.2) is 0 Å². The minimum absolute atomic E-state index is 0.502. The summed E-state index contributed by atoms with van der Waals surface area (Å²) in [4.78, 5) is 3.29. The minimum atomic E-state index is -0.502. The van der Waals surface area contributed by atoms with E-state index in [4.69, 9.17) is 4.43 Å². The topological polar surface area (TPSA) is 21.3 Å². The maximum absolute atomic E-state index is 5.29. The molecule has 1 heterocycles. The Morgan fingerprint density at radius 2 is 2.71 bits per heavy atom. The number of nitrogens with one attached hydrogen (secondary N) is 1. The fourth-order valence-corrected chi connectivity index (χ4v) is 1.93. The first-order valence-corrected chi connectivity index (χ1v) is 4.27. The van der Waals surface area contributed by atoms with Gasteiger partial charge < -0.3 is 9.41 Å². The van der Waals surface area contributed by atoms with E-state index >= 15 is 0 Å². The molecule has 1 N–H and O–H groups in total. The summed E-state index contributed by atoms with van der Waals surface area (Å²) < 4.78 is 5.29. The highest BCUT2D eigenvalue weighted by molar-refractivity contribution is 6.49. The predicted molar refractivity (Wildman–Crippen MR) is 30.2 cm³/mol. The Morgan fingerprint density at radius 1 is 1.86 bits per heavy atom. The molecule has 0 saturated carbocycles. The van der Waals surface area contributed by atoms with Crippen LogP contribution < -0.4 is 4.98 Å². The van der Waals surface area contributed by atoms with Gasteiger partial charge in [-0.2, -0.15) is 0 Å². The van der Waals surface area contributed by atoms with Crippen LogP contribution in [0.1, 0.15) is 6.92 Å². The van der Waals surface area contributed by atoms with Crippen LogP contribution in [0, 0.1) is 0 Å². The Kier molecular flexibility index (Phi) is 1.84. The van der Waals surface area contributed by atoms with Gasteiger partial charge in [-0.3, -0.25) is 0 Å². The highest BCUT2D eigenvalue weighted by Crippen LogP contribution is 1.93. The van der Waals surface area contributed by atoms with Crippen molar-refractivity contribution in [3.63, 3.8) is 0 Å². The largest absolute Gasteiger partial charge is 0.401 e. The maximum Gasteiger partial charge on any atom is 0.302 e. The third-order valence-corrected chi connectivity index (χ3v) is 2.86. The highest BCUT2D eigenvalue weighted by atomic mass is 28.3. The van der Waals surface area contributed by atoms with Crippen molar-refractivity contribution in [1.29, 1.82) is 0 Å². The molecule has 7 heavy (non-hydrogen) atoms. The zero-order valence-corrected chi connectivity index (χ0v) is 5.53. The van der Waals surface area contributed by atoms with E-state index in [1.165, 1.54) is 6.04 Å². The van der Waals surface area contributed by atoms with Gasteiger partial charge in [0, 0.05) is 13.2 Å². The van der Waals surface area contributed by atoms with Gasteiger partial charge in [0.2, 0.25) is 0 Å². The first kappa shape index (κ1) is 5.28. The van der Waals surface area contributed by atoms with Crippen LogP contribution in [0.3, 0.4) is 0 Å². The van der Waals surface area contributed by atoms with E-state index in [1.807, 2.05) is 0 Å². The van der Waals surface area contributed by atoms with Crippen molar-refractivity contribution in [2.24, 2.45) is 0 Å². The summed E-state index contributed by atoms with van der Waals surface area (Å²) >= 11 is 0. The van der Waals surface area contributed by atoms with E-state index in [9.17, 15) is 0 Å². The normalized spacial score (nSPS) is 23.6. The van der Waals surface area contributed by atoms with Crippen LogP contribution in [0.15, 0.2) is 0 Å². The van der Waals surface area contributed by atoms with Crippen LogP contribution in [0.5, 0.6) is 0 Å². The van der Waals surface area contributed by atoms with Gasteiger partial charge in [0.25, 0.3) is 0 Å². The molecule has 0 aromatic heterocycles. The molecule has 3 heteroatoms. The van der Waals surface area contributed by atoms with E-state index in [0.29, 0.717) is 0 Å². The highest BCUT2D eigenvalue weighted by Gasteiger charge is 2.14. The molecule has 1 aliphatic heterocycles. The van der Waals surface area contributed by atoms with E-state index in [0.717, 1.165) is 13.2 Å². The summed E-state index contributed by atoms with van der Waals surface area (Å²) in [6, 6.07) is 1.19. The van der Waals surface area contributed by atoms with Gasteiger partial charge in [0.1, 0.15) is 0 Å². The van der Waals surface area contributed by atoms with Gasteiger partial charge in [0.05, 0.1) is 0 Å². The maximum atomic E-state index is 5.29. The Morgan fingerprint density at radius 3 is 3.00 bits per heavy atom. The molecule has 1 rings (SSSR count). The second kappa shape index (κ2) is 2.45. The molecule has 1 aliphatic rings. The summed E-state index contributed by atoms with van der Waals surface area (Å²) in [5.74, 6) is 0. The Labute approximate surface area is 45.7 Å². The molecule has 41 valence electrons. The molecule has 0 unspecified atom stereocenters. The van der Waals surface area contributed by atoms with Crippen molar-refractivity contribution in [2.75, 3.05) is 13.2 Å². The Bertz CT molecular complexity index is 53.7. The van der Waals surface area contributed by atoms with Gasteiger partial charge in [-0.05, 0) is 6.04 Å². The summed E-state index contributed by atoms with van der Waals surface area (Å²) in [6.07, 6.45) is 0. The van der Waals surface area contributed by atoms with Crippen LogP contribution >= 0.6 is 0 Å². The summed E-state index contributed by atoms with van der Waals surface area (Å²) in [6.45, 7) is 4.16. The molecule has 0 bridgehead atoms. The van der Waals surface area contributed by atoms with Crippen LogP contribution in [-0.4, -0.2) is 22.4 Å². The van der Waals surface area contributed by atoms with Crippen LogP contribution in [0.2, 0.25) is 6.04 Å². The lowest BCUT2D eigenvalue weighted by molar-refractivity contribution is 0.370. The molecule has 0 atom stereocenters. The van der Waals surface area contributed by atoms with Crippen molar-refractivity contribution in [2.45, 2.75) is 13.0 Å². The molecule has 0 amide bonds. The van der Waals surface area contributed by atoms with Crippen molar-refractivity contribution >= 4 is 9.20 Å². The van der Waals surface area contributed by atoms with Crippen molar-refractivity contribution in [1.82, 2.24) is 4.98 Å². The molecule has 0 aromatic carbocycles. The van der Waals surface area contributed by atoms with E-state index in [1.54, 1.807) is 0 Å². The molecule has 0 aliphatic carbocycles. The summed E-state index contributed by atoms with van der Waals surface area (Å²) in [5.41, 5.74) is 0. The Balaban J connectivity index is 2.14. The van der Waals surface area contributed by atoms with E-state index < -0.39 is 9.20 Å². The zero-order chi connectivity index (χ0) is 5.11. The monoisotopic (exact) mass is 116 g/mol. The SMILES string of the molecule is CC[Si]1NCCO1. The molecule has 2 nitrogen and oxygen atoms in total. The van der Waals surface area contributed by atoms with Gasteiger partial charge in [-0.25, -0.2) is 0 Å². The molecule has 1 radical (unpaired) electrons. The van der Waals surface area contributed by atoms with Gasteiger partial charge in [-0.15, -0.1) is 0 Å². The summed E-state index contributed by atoms with van der Waals surface area (Å²) in [7, 11) is -0.502. The molecule has 0 spiro atoms. The van der Waals surface area contributed by atoms with Crippen molar-refractivity contribution in [3.8, 4) is 0 Å². The smallest absolute Gasteiger partial charge is 0.302 e.